The van der Waals surface area contributed by atoms with Crippen molar-refractivity contribution < 1.29 is 9.13 Å². The van der Waals surface area contributed by atoms with E-state index in [0.717, 1.165) is 15.6 Å². The predicted octanol–water partition coefficient (Wildman–Crippen LogP) is 4.87. The van der Waals surface area contributed by atoms with Crippen molar-refractivity contribution in [3.8, 4) is 5.75 Å². The standard InChI is InChI=1S/C16H16BrClFNO/c1-9-7-14(21-3)11(8-12(9)17)16(20-2)10-5-4-6-13(18)15(10)19/h4-8,16,20H,1-3H3. The average Bonchev–Trinajstić information content (AvgIpc) is 2.47. The van der Waals surface area contributed by atoms with Crippen LogP contribution < -0.4 is 10.1 Å². The molecule has 112 valence electrons. The highest BCUT2D eigenvalue weighted by molar-refractivity contribution is 9.10. The van der Waals surface area contributed by atoms with Crippen LogP contribution in [0, 0.1) is 12.7 Å². The second-order valence-electron chi connectivity index (χ2n) is 4.71. The fourth-order valence-corrected chi connectivity index (χ4v) is 2.84. The molecule has 0 radical (unpaired) electrons. The van der Waals surface area contributed by atoms with Gasteiger partial charge in [-0.25, -0.2) is 4.39 Å². The highest BCUT2D eigenvalue weighted by atomic mass is 79.9. The lowest BCUT2D eigenvalue weighted by Crippen LogP contribution is -2.20. The van der Waals surface area contributed by atoms with Crippen molar-refractivity contribution in [1.29, 1.82) is 0 Å². The molecule has 0 saturated carbocycles. The number of halogens is 3. The van der Waals surface area contributed by atoms with Crippen LogP contribution in [-0.2, 0) is 0 Å². The van der Waals surface area contributed by atoms with Crippen LogP contribution in [0.15, 0.2) is 34.8 Å². The first-order valence-electron chi connectivity index (χ1n) is 6.44. The molecule has 0 aliphatic heterocycles. The summed E-state index contributed by atoms with van der Waals surface area (Å²) in [6.07, 6.45) is 0. The van der Waals surface area contributed by atoms with E-state index in [0.29, 0.717) is 11.3 Å². The Morgan fingerprint density at radius 1 is 1.29 bits per heavy atom. The number of ether oxygens (including phenoxy) is 1. The van der Waals surface area contributed by atoms with Gasteiger partial charge in [0.25, 0.3) is 0 Å². The molecule has 1 atom stereocenters. The first-order valence-corrected chi connectivity index (χ1v) is 7.62. The summed E-state index contributed by atoms with van der Waals surface area (Å²) in [5, 5.41) is 3.23. The van der Waals surface area contributed by atoms with E-state index in [4.69, 9.17) is 16.3 Å². The maximum atomic E-state index is 14.3. The zero-order valence-electron chi connectivity index (χ0n) is 12.0. The second-order valence-corrected chi connectivity index (χ2v) is 5.97. The Labute approximate surface area is 137 Å². The van der Waals surface area contributed by atoms with Gasteiger partial charge >= 0.3 is 0 Å². The number of methoxy groups -OCH3 is 1. The number of hydrogen-bond donors (Lipinski definition) is 1. The van der Waals surface area contributed by atoms with E-state index in [1.807, 2.05) is 19.1 Å². The molecule has 0 amide bonds. The summed E-state index contributed by atoms with van der Waals surface area (Å²) in [4.78, 5) is 0. The fourth-order valence-electron chi connectivity index (χ4n) is 2.29. The van der Waals surface area contributed by atoms with Gasteiger partial charge in [-0.15, -0.1) is 0 Å². The zero-order chi connectivity index (χ0) is 15.6. The van der Waals surface area contributed by atoms with Crippen molar-refractivity contribution in [2.45, 2.75) is 13.0 Å². The van der Waals surface area contributed by atoms with Crippen molar-refractivity contribution in [2.24, 2.45) is 0 Å². The number of benzene rings is 2. The summed E-state index contributed by atoms with van der Waals surface area (Å²) in [6, 6.07) is 8.50. The largest absolute Gasteiger partial charge is 0.496 e. The van der Waals surface area contributed by atoms with Crippen molar-refractivity contribution >= 4 is 27.5 Å². The van der Waals surface area contributed by atoms with E-state index in [1.54, 1.807) is 26.3 Å². The number of aryl methyl sites for hydroxylation is 1. The fraction of sp³-hybridized carbons (Fsp3) is 0.250. The summed E-state index contributed by atoms with van der Waals surface area (Å²) in [5.74, 6) is 0.284. The maximum absolute atomic E-state index is 14.3. The van der Waals surface area contributed by atoms with E-state index in [-0.39, 0.29) is 11.1 Å². The predicted molar refractivity (Wildman–Crippen MR) is 87.7 cm³/mol. The molecular weight excluding hydrogens is 357 g/mol. The summed E-state index contributed by atoms with van der Waals surface area (Å²) in [5.41, 5.74) is 2.38. The van der Waals surface area contributed by atoms with Crippen LogP contribution in [0.3, 0.4) is 0 Å². The van der Waals surface area contributed by atoms with E-state index in [1.165, 1.54) is 6.07 Å². The Kier molecular flexibility index (Phi) is 5.25. The van der Waals surface area contributed by atoms with Crippen LogP contribution in [0.1, 0.15) is 22.7 Å². The molecule has 0 aliphatic carbocycles. The Hall–Kier alpha value is -1.10. The number of nitrogens with one attached hydrogen (secondary N) is 1. The molecule has 0 fully saturated rings. The lowest BCUT2D eigenvalue weighted by Gasteiger charge is -2.21. The van der Waals surface area contributed by atoms with Gasteiger partial charge < -0.3 is 10.1 Å². The van der Waals surface area contributed by atoms with Crippen LogP contribution in [0.5, 0.6) is 5.75 Å². The van der Waals surface area contributed by atoms with Crippen molar-refractivity contribution in [3.63, 3.8) is 0 Å². The molecule has 5 heteroatoms. The Morgan fingerprint density at radius 2 is 2.00 bits per heavy atom. The third kappa shape index (κ3) is 3.23. The first-order chi connectivity index (χ1) is 9.99. The van der Waals surface area contributed by atoms with Gasteiger partial charge in [-0.3, -0.25) is 0 Å². The molecule has 2 nitrogen and oxygen atoms in total. The molecule has 0 bridgehead atoms. The molecule has 2 aromatic rings. The molecule has 0 aliphatic rings. The van der Waals surface area contributed by atoms with Crippen molar-refractivity contribution in [1.82, 2.24) is 5.32 Å². The maximum Gasteiger partial charge on any atom is 0.146 e. The molecule has 1 N–H and O–H groups in total. The summed E-state index contributed by atoms with van der Waals surface area (Å²) < 4.78 is 20.7. The zero-order valence-corrected chi connectivity index (χ0v) is 14.3. The van der Waals surface area contributed by atoms with Gasteiger partial charge in [-0.1, -0.05) is 39.7 Å². The third-order valence-electron chi connectivity index (χ3n) is 3.40. The summed E-state index contributed by atoms with van der Waals surface area (Å²) in [6.45, 7) is 1.98. The quantitative estimate of drug-likeness (QED) is 0.827. The number of rotatable bonds is 4. The molecule has 0 heterocycles. The van der Waals surface area contributed by atoms with E-state index in [2.05, 4.69) is 21.2 Å². The Bertz CT molecular complexity index is 663. The van der Waals surface area contributed by atoms with Gasteiger partial charge in [0.1, 0.15) is 11.6 Å². The lowest BCUT2D eigenvalue weighted by atomic mass is 9.96. The second kappa shape index (κ2) is 6.77. The molecule has 2 aromatic carbocycles. The van der Waals surface area contributed by atoms with Crippen LogP contribution in [0.2, 0.25) is 5.02 Å². The molecule has 0 spiro atoms. The summed E-state index contributed by atoms with van der Waals surface area (Å²) in [7, 11) is 3.38. The van der Waals surface area contributed by atoms with E-state index < -0.39 is 5.82 Å². The topological polar surface area (TPSA) is 21.3 Å². The molecule has 0 aromatic heterocycles. The average molecular weight is 373 g/mol. The lowest BCUT2D eigenvalue weighted by molar-refractivity contribution is 0.404. The summed E-state index contributed by atoms with van der Waals surface area (Å²) >= 11 is 9.40. The minimum absolute atomic E-state index is 0.109. The Balaban J connectivity index is 2.61. The highest BCUT2D eigenvalue weighted by Gasteiger charge is 2.22. The molecule has 0 saturated heterocycles. The van der Waals surface area contributed by atoms with Crippen LogP contribution >= 0.6 is 27.5 Å². The minimum atomic E-state index is -0.419. The Morgan fingerprint density at radius 3 is 2.62 bits per heavy atom. The van der Waals surface area contributed by atoms with E-state index >= 15 is 0 Å². The van der Waals surface area contributed by atoms with Crippen molar-refractivity contribution in [2.75, 3.05) is 14.2 Å². The SMILES string of the molecule is CNC(c1cc(Br)c(C)cc1OC)c1cccc(Cl)c1F. The van der Waals surface area contributed by atoms with Gasteiger partial charge in [-0.2, -0.15) is 0 Å². The minimum Gasteiger partial charge on any atom is -0.496 e. The van der Waals surface area contributed by atoms with Crippen LogP contribution in [0.4, 0.5) is 4.39 Å². The molecule has 21 heavy (non-hydrogen) atoms. The van der Waals surface area contributed by atoms with Gasteiger partial charge in [0.2, 0.25) is 0 Å². The highest BCUT2D eigenvalue weighted by Crippen LogP contribution is 2.36. The molecular formula is C16H16BrClFNO. The van der Waals surface area contributed by atoms with E-state index in [9.17, 15) is 4.39 Å². The van der Waals surface area contributed by atoms with Gasteiger partial charge in [0.15, 0.2) is 0 Å². The monoisotopic (exact) mass is 371 g/mol. The third-order valence-corrected chi connectivity index (χ3v) is 4.55. The molecule has 1 unspecified atom stereocenters. The number of hydrogen-bond acceptors (Lipinski definition) is 2. The van der Waals surface area contributed by atoms with Crippen LogP contribution in [0.25, 0.3) is 0 Å². The molecule has 2 rings (SSSR count). The van der Waals surface area contributed by atoms with Crippen molar-refractivity contribution in [3.05, 3.63) is 62.3 Å². The normalized spacial score (nSPS) is 12.3. The van der Waals surface area contributed by atoms with Gasteiger partial charge in [0, 0.05) is 15.6 Å². The van der Waals surface area contributed by atoms with Gasteiger partial charge in [0.05, 0.1) is 18.2 Å². The smallest absolute Gasteiger partial charge is 0.146 e. The van der Waals surface area contributed by atoms with Gasteiger partial charge in [-0.05, 0) is 37.7 Å². The first kappa shape index (κ1) is 16.3. The van der Waals surface area contributed by atoms with Crippen LogP contribution in [-0.4, -0.2) is 14.2 Å².